The predicted octanol–water partition coefficient (Wildman–Crippen LogP) is 3.58. The maximum Gasteiger partial charge on any atom is 0.233 e. The number of hydrogen-bond donors (Lipinski definition) is 0. The highest BCUT2D eigenvalue weighted by molar-refractivity contribution is 8.00. The maximum absolute atomic E-state index is 12.9. The van der Waals surface area contributed by atoms with E-state index in [2.05, 4.69) is 9.97 Å². The summed E-state index contributed by atoms with van der Waals surface area (Å²) in [7, 11) is 1.74. The fraction of sp³-hybridized carbons (Fsp3) is 0.188. The molecule has 2 aromatic heterocycles. The molecule has 0 saturated carbocycles. The van der Waals surface area contributed by atoms with Crippen LogP contribution in [-0.2, 0) is 11.3 Å². The van der Waals surface area contributed by atoms with Crippen LogP contribution in [0.5, 0.6) is 0 Å². The Morgan fingerprint density at radius 1 is 1.26 bits per heavy atom. The Hall–Kier alpha value is -1.99. The molecule has 0 bridgehead atoms. The molecule has 0 N–H and O–H groups in total. The molecule has 118 valence electrons. The Morgan fingerprint density at radius 2 is 2.04 bits per heavy atom. The highest BCUT2D eigenvalue weighted by Crippen LogP contribution is 2.28. The Bertz CT molecular complexity index is 820. The monoisotopic (exact) mass is 347 g/mol. The van der Waals surface area contributed by atoms with E-state index in [0.29, 0.717) is 12.3 Å². The van der Waals surface area contributed by atoms with Gasteiger partial charge in [0.1, 0.15) is 17.2 Å². The number of rotatable bonds is 5. The zero-order valence-corrected chi connectivity index (χ0v) is 14.0. The van der Waals surface area contributed by atoms with Crippen LogP contribution in [0.3, 0.4) is 0 Å². The number of hydrogen-bond acceptors (Lipinski definition) is 5. The molecule has 23 heavy (non-hydrogen) atoms. The fourth-order valence-electron chi connectivity index (χ4n) is 2.06. The first kappa shape index (κ1) is 15.9. The van der Waals surface area contributed by atoms with E-state index in [-0.39, 0.29) is 11.7 Å². The van der Waals surface area contributed by atoms with Gasteiger partial charge in [-0.1, -0.05) is 23.9 Å². The molecule has 0 aliphatic carbocycles. The van der Waals surface area contributed by atoms with E-state index in [1.807, 2.05) is 11.4 Å². The second-order valence-electron chi connectivity index (χ2n) is 4.98. The van der Waals surface area contributed by atoms with Crippen LogP contribution in [-0.4, -0.2) is 33.6 Å². The van der Waals surface area contributed by atoms with Crippen molar-refractivity contribution in [2.75, 3.05) is 12.8 Å². The number of benzene rings is 1. The van der Waals surface area contributed by atoms with Gasteiger partial charge >= 0.3 is 0 Å². The molecule has 0 spiro atoms. The van der Waals surface area contributed by atoms with Crippen LogP contribution in [0.2, 0.25) is 0 Å². The van der Waals surface area contributed by atoms with Crippen LogP contribution < -0.4 is 0 Å². The van der Waals surface area contributed by atoms with Gasteiger partial charge in [0.05, 0.1) is 16.0 Å². The van der Waals surface area contributed by atoms with Crippen molar-refractivity contribution < 1.29 is 9.18 Å². The molecule has 7 heteroatoms. The number of thiophene rings is 1. The summed E-state index contributed by atoms with van der Waals surface area (Å²) in [6.45, 7) is 0.456. The lowest BCUT2D eigenvalue weighted by Gasteiger charge is -2.17. The molecular weight excluding hydrogens is 333 g/mol. The van der Waals surface area contributed by atoms with Gasteiger partial charge in [-0.05, 0) is 29.1 Å². The number of aromatic nitrogens is 2. The van der Waals surface area contributed by atoms with E-state index in [4.69, 9.17) is 0 Å². The molecule has 0 saturated heterocycles. The summed E-state index contributed by atoms with van der Waals surface area (Å²) >= 11 is 2.98. The number of carbonyl (C=O) groups is 1. The van der Waals surface area contributed by atoms with Gasteiger partial charge in [0.15, 0.2) is 0 Å². The molecule has 2 heterocycles. The Kier molecular flexibility index (Phi) is 4.88. The molecule has 0 radical (unpaired) electrons. The van der Waals surface area contributed by atoms with Crippen molar-refractivity contribution in [2.45, 2.75) is 11.6 Å². The minimum Gasteiger partial charge on any atom is -0.341 e. The first-order valence-electron chi connectivity index (χ1n) is 6.93. The molecule has 4 nitrogen and oxygen atoms in total. The SMILES string of the molecule is CN(Cc1ccc(F)cc1)C(=O)CSc1ncnc2ccsc12. The topological polar surface area (TPSA) is 46.1 Å². The third-order valence-electron chi connectivity index (χ3n) is 3.30. The van der Waals surface area contributed by atoms with Gasteiger partial charge in [-0.25, -0.2) is 14.4 Å². The molecule has 1 aromatic carbocycles. The summed E-state index contributed by atoms with van der Waals surface area (Å²) in [5.74, 6) is 0.0338. The number of halogens is 1. The highest BCUT2D eigenvalue weighted by atomic mass is 32.2. The lowest BCUT2D eigenvalue weighted by atomic mass is 10.2. The number of thioether (sulfide) groups is 1. The second kappa shape index (κ2) is 7.06. The van der Waals surface area contributed by atoms with Crippen LogP contribution in [0.25, 0.3) is 10.2 Å². The molecular formula is C16H14FN3OS2. The van der Waals surface area contributed by atoms with Crippen molar-refractivity contribution in [1.29, 1.82) is 0 Å². The molecule has 0 aliphatic rings. The fourth-order valence-corrected chi connectivity index (χ4v) is 3.95. The third kappa shape index (κ3) is 3.86. The quantitative estimate of drug-likeness (QED) is 0.523. The zero-order chi connectivity index (χ0) is 16.2. The Labute approximate surface area is 141 Å². The Balaban J connectivity index is 1.60. The summed E-state index contributed by atoms with van der Waals surface area (Å²) in [6, 6.07) is 8.11. The summed E-state index contributed by atoms with van der Waals surface area (Å²) in [4.78, 5) is 22.3. The smallest absolute Gasteiger partial charge is 0.233 e. The van der Waals surface area contributed by atoms with E-state index in [1.54, 1.807) is 35.4 Å². The molecule has 3 rings (SSSR count). The average molecular weight is 347 g/mol. The average Bonchev–Trinajstić information content (AvgIpc) is 3.03. The summed E-state index contributed by atoms with van der Waals surface area (Å²) < 4.78 is 13.9. The van der Waals surface area contributed by atoms with Gasteiger partial charge in [-0.2, -0.15) is 0 Å². The molecule has 0 fully saturated rings. The first-order chi connectivity index (χ1) is 11.1. The van der Waals surface area contributed by atoms with Crippen molar-refractivity contribution in [1.82, 2.24) is 14.9 Å². The Morgan fingerprint density at radius 3 is 2.83 bits per heavy atom. The van der Waals surface area contributed by atoms with Crippen LogP contribution >= 0.6 is 23.1 Å². The molecule has 3 aromatic rings. The van der Waals surface area contributed by atoms with Crippen molar-refractivity contribution >= 4 is 39.2 Å². The molecule has 1 amide bonds. The van der Waals surface area contributed by atoms with Gasteiger partial charge in [-0.3, -0.25) is 4.79 Å². The van der Waals surface area contributed by atoms with E-state index < -0.39 is 0 Å². The lowest BCUT2D eigenvalue weighted by Crippen LogP contribution is -2.27. The minimum absolute atomic E-state index is 0.00245. The predicted molar refractivity (Wildman–Crippen MR) is 91.0 cm³/mol. The number of carbonyl (C=O) groups excluding carboxylic acids is 1. The molecule has 0 unspecified atom stereocenters. The summed E-state index contributed by atoms with van der Waals surface area (Å²) in [6.07, 6.45) is 1.52. The molecule has 0 aliphatic heterocycles. The molecule has 0 atom stereocenters. The highest BCUT2D eigenvalue weighted by Gasteiger charge is 2.12. The number of nitrogens with zero attached hydrogens (tertiary/aromatic N) is 3. The van der Waals surface area contributed by atoms with Crippen LogP contribution in [0.1, 0.15) is 5.56 Å². The van der Waals surface area contributed by atoms with Crippen molar-refractivity contribution in [2.24, 2.45) is 0 Å². The van der Waals surface area contributed by atoms with Crippen molar-refractivity contribution in [3.8, 4) is 0 Å². The van der Waals surface area contributed by atoms with Gasteiger partial charge in [0, 0.05) is 13.6 Å². The van der Waals surface area contributed by atoms with E-state index in [0.717, 1.165) is 20.8 Å². The van der Waals surface area contributed by atoms with Crippen molar-refractivity contribution in [3.63, 3.8) is 0 Å². The standard InChI is InChI=1S/C16H14FN3OS2/c1-20(8-11-2-4-12(17)5-3-11)14(21)9-23-16-15-13(6-7-22-15)18-10-19-16/h2-7,10H,8-9H2,1H3. The van der Waals surface area contributed by atoms with Gasteiger partial charge in [0.2, 0.25) is 5.91 Å². The van der Waals surface area contributed by atoms with Crippen LogP contribution in [0.4, 0.5) is 4.39 Å². The minimum atomic E-state index is -0.276. The number of fused-ring (bicyclic) bond motifs is 1. The second-order valence-corrected chi connectivity index (χ2v) is 6.86. The van der Waals surface area contributed by atoms with Gasteiger partial charge in [-0.15, -0.1) is 11.3 Å². The van der Waals surface area contributed by atoms with E-state index >= 15 is 0 Å². The van der Waals surface area contributed by atoms with E-state index in [1.165, 1.54) is 30.2 Å². The largest absolute Gasteiger partial charge is 0.341 e. The lowest BCUT2D eigenvalue weighted by molar-refractivity contribution is -0.127. The summed E-state index contributed by atoms with van der Waals surface area (Å²) in [5.41, 5.74) is 1.80. The normalized spacial score (nSPS) is 10.9. The van der Waals surface area contributed by atoms with Crippen molar-refractivity contribution in [3.05, 3.63) is 53.4 Å². The summed E-state index contributed by atoms with van der Waals surface area (Å²) in [5, 5.41) is 2.79. The first-order valence-corrected chi connectivity index (χ1v) is 8.79. The van der Waals surface area contributed by atoms with Crippen LogP contribution in [0, 0.1) is 5.82 Å². The zero-order valence-electron chi connectivity index (χ0n) is 12.4. The van der Waals surface area contributed by atoms with E-state index in [9.17, 15) is 9.18 Å². The number of amides is 1. The van der Waals surface area contributed by atoms with Gasteiger partial charge in [0.25, 0.3) is 0 Å². The maximum atomic E-state index is 12.9. The van der Waals surface area contributed by atoms with Gasteiger partial charge < -0.3 is 4.90 Å². The third-order valence-corrected chi connectivity index (χ3v) is 5.32. The van der Waals surface area contributed by atoms with Crippen LogP contribution in [0.15, 0.2) is 47.1 Å².